The molecule has 1 N–H and O–H groups in total. The van der Waals surface area contributed by atoms with Crippen LogP contribution in [0.5, 0.6) is 0 Å². The molecule has 0 spiro atoms. The van der Waals surface area contributed by atoms with E-state index in [-0.39, 0.29) is 16.8 Å². The van der Waals surface area contributed by atoms with Gasteiger partial charge >= 0.3 is 0 Å². The zero-order valence-corrected chi connectivity index (χ0v) is 14.2. The lowest BCUT2D eigenvalue weighted by atomic mass is 9.84. The fraction of sp³-hybridized carbons (Fsp3) is 0.647. The van der Waals surface area contributed by atoms with E-state index in [1.165, 1.54) is 22.3 Å². The molecule has 0 saturated heterocycles. The summed E-state index contributed by atoms with van der Waals surface area (Å²) in [4.78, 5) is 0. The minimum atomic E-state index is -0.250. The molecule has 0 radical (unpaired) electrons. The van der Waals surface area contributed by atoms with E-state index in [9.17, 15) is 5.11 Å². The third-order valence-corrected chi connectivity index (χ3v) is 5.11. The number of aliphatic hydroxyl groups excluding tert-OH is 1. The summed E-state index contributed by atoms with van der Waals surface area (Å²) in [7, 11) is 0. The molecule has 0 saturated carbocycles. The van der Waals surface area contributed by atoms with Gasteiger partial charge < -0.3 is 5.11 Å². The lowest BCUT2D eigenvalue weighted by molar-refractivity contribution is 0.196. The van der Waals surface area contributed by atoms with Crippen molar-refractivity contribution < 1.29 is 5.11 Å². The Morgan fingerprint density at radius 1 is 1.11 bits per heavy atom. The highest BCUT2D eigenvalue weighted by atomic mass is 32.2. The molecule has 2 heteroatoms. The van der Waals surface area contributed by atoms with Gasteiger partial charge in [-0.25, -0.2) is 0 Å². The third-order valence-electron chi connectivity index (χ3n) is 3.73. The van der Waals surface area contributed by atoms with Crippen molar-refractivity contribution in [2.75, 3.05) is 0 Å². The van der Waals surface area contributed by atoms with Crippen LogP contribution in [-0.4, -0.2) is 16.5 Å². The number of hydrogen-bond acceptors (Lipinski definition) is 2. The monoisotopic (exact) mass is 280 g/mol. The Kier molecular flexibility index (Phi) is 5.52. The Morgan fingerprint density at radius 3 is 1.95 bits per heavy atom. The molecular formula is C17H28OS. The van der Waals surface area contributed by atoms with Gasteiger partial charge in [-0.05, 0) is 48.4 Å². The van der Waals surface area contributed by atoms with Crippen molar-refractivity contribution in [3.05, 3.63) is 34.4 Å². The predicted molar refractivity (Wildman–Crippen MR) is 87.1 cm³/mol. The second kappa shape index (κ2) is 6.32. The second-order valence-electron chi connectivity index (χ2n) is 6.60. The molecule has 0 aliphatic heterocycles. The highest BCUT2D eigenvalue weighted by molar-refractivity contribution is 7.99. The van der Waals surface area contributed by atoms with E-state index < -0.39 is 0 Å². The van der Waals surface area contributed by atoms with Crippen molar-refractivity contribution in [3.63, 3.8) is 0 Å². The van der Waals surface area contributed by atoms with Crippen LogP contribution in [0, 0.1) is 13.8 Å². The van der Waals surface area contributed by atoms with Gasteiger partial charge in [-0.15, -0.1) is 0 Å². The fourth-order valence-corrected chi connectivity index (χ4v) is 3.17. The molecule has 108 valence electrons. The van der Waals surface area contributed by atoms with Crippen LogP contribution in [0.25, 0.3) is 0 Å². The molecule has 1 nitrogen and oxygen atoms in total. The third kappa shape index (κ3) is 4.54. The smallest absolute Gasteiger partial charge is 0.0628 e. The highest BCUT2D eigenvalue weighted by Crippen LogP contribution is 2.30. The molecule has 0 bridgehead atoms. The summed E-state index contributed by atoms with van der Waals surface area (Å²) in [5, 5.41) is 9.85. The van der Waals surface area contributed by atoms with Gasteiger partial charge in [0.25, 0.3) is 0 Å². The Labute approximate surface area is 122 Å². The summed E-state index contributed by atoms with van der Waals surface area (Å²) in [5.41, 5.74) is 5.77. The Bertz CT molecular complexity index is 406. The topological polar surface area (TPSA) is 20.2 Å². The molecule has 1 rings (SSSR count). The predicted octanol–water partition coefficient (Wildman–Crippen LogP) is 4.60. The molecule has 0 aromatic heterocycles. The Hall–Kier alpha value is -0.470. The van der Waals surface area contributed by atoms with Crippen LogP contribution in [0.2, 0.25) is 0 Å². The standard InChI is InChI=1S/C17H28OS/c1-11-8-15(17(5,6)7)9-12(2)16(11)10-19-14(4)13(3)18/h8-9,13-14,18H,10H2,1-7H3. The average Bonchev–Trinajstić information content (AvgIpc) is 2.25. The summed E-state index contributed by atoms with van der Waals surface area (Å²) in [6, 6.07) is 4.63. The van der Waals surface area contributed by atoms with Crippen molar-refractivity contribution in [2.45, 2.75) is 71.0 Å². The van der Waals surface area contributed by atoms with Crippen LogP contribution in [0.3, 0.4) is 0 Å². The van der Waals surface area contributed by atoms with Crippen molar-refractivity contribution in [3.8, 4) is 0 Å². The average molecular weight is 280 g/mol. The van der Waals surface area contributed by atoms with E-state index in [0.29, 0.717) is 0 Å². The molecule has 1 aromatic rings. The van der Waals surface area contributed by atoms with Crippen LogP contribution in [0.1, 0.15) is 56.9 Å². The zero-order valence-electron chi connectivity index (χ0n) is 13.4. The molecule has 0 aliphatic rings. The van der Waals surface area contributed by atoms with Crippen molar-refractivity contribution in [1.82, 2.24) is 0 Å². The van der Waals surface area contributed by atoms with E-state index in [1.54, 1.807) is 0 Å². The van der Waals surface area contributed by atoms with Gasteiger partial charge in [0.1, 0.15) is 0 Å². The molecule has 1 aromatic carbocycles. The first-order valence-corrected chi connectivity index (χ1v) is 8.08. The van der Waals surface area contributed by atoms with Gasteiger partial charge in [-0.2, -0.15) is 11.8 Å². The van der Waals surface area contributed by atoms with Crippen molar-refractivity contribution in [2.24, 2.45) is 0 Å². The summed E-state index contributed by atoms with van der Waals surface area (Å²) in [6.07, 6.45) is -0.250. The summed E-state index contributed by atoms with van der Waals surface area (Å²) >= 11 is 1.83. The van der Waals surface area contributed by atoms with E-state index in [4.69, 9.17) is 0 Å². The van der Waals surface area contributed by atoms with Crippen LogP contribution in [-0.2, 0) is 11.2 Å². The Morgan fingerprint density at radius 2 is 1.58 bits per heavy atom. The number of aliphatic hydroxyl groups is 1. The van der Waals surface area contributed by atoms with Crippen molar-refractivity contribution in [1.29, 1.82) is 0 Å². The molecular weight excluding hydrogens is 252 g/mol. The normalized spacial score (nSPS) is 15.4. The summed E-state index contributed by atoms with van der Waals surface area (Å²) < 4.78 is 0. The van der Waals surface area contributed by atoms with Crippen LogP contribution in [0.4, 0.5) is 0 Å². The first-order valence-electron chi connectivity index (χ1n) is 7.03. The van der Waals surface area contributed by atoms with Gasteiger partial charge in [-0.1, -0.05) is 39.8 Å². The molecule has 19 heavy (non-hydrogen) atoms. The first kappa shape index (κ1) is 16.6. The molecule has 0 aliphatic carbocycles. The minimum absolute atomic E-state index is 0.202. The van der Waals surface area contributed by atoms with Crippen LogP contribution in [0.15, 0.2) is 12.1 Å². The van der Waals surface area contributed by atoms with Crippen molar-refractivity contribution >= 4 is 11.8 Å². The fourth-order valence-electron chi connectivity index (χ4n) is 2.01. The maximum absolute atomic E-state index is 9.57. The number of hydrogen-bond donors (Lipinski definition) is 1. The van der Waals surface area contributed by atoms with E-state index >= 15 is 0 Å². The number of benzene rings is 1. The quantitative estimate of drug-likeness (QED) is 0.869. The summed E-state index contributed by atoms with van der Waals surface area (Å²) in [5.74, 6) is 0.980. The lowest BCUT2D eigenvalue weighted by Crippen LogP contribution is -2.16. The van der Waals surface area contributed by atoms with E-state index in [0.717, 1.165) is 5.75 Å². The maximum Gasteiger partial charge on any atom is 0.0628 e. The second-order valence-corrected chi connectivity index (χ2v) is 7.96. The molecule has 0 heterocycles. The van der Waals surface area contributed by atoms with Gasteiger partial charge in [0.05, 0.1) is 6.10 Å². The van der Waals surface area contributed by atoms with E-state index in [1.807, 2.05) is 18.7 Å². The maximum atomic E-state index is 9.57. The Balaban J connectivity index is 2.92. The molecule has 2 atom stereocenters. The molecule has 0 fully saturated rings. The van der Waals surface area contributed by atoms with Gasteiger partial charge in [-0.3, -0.25) is 0 Å². The largest absolute Gasteiger partial charge is 0.392 e. The first-order chi connectivity index (χ1) is 8.62. The van der Waals surface area contributed by atoms with Crippen LogP contribution >= 0.6 is 11.8 Å². The zero-order chi connectivity index (χ0) is 14.8. The van der Waals surface area contributed by atoms with Gasteiger partial charge in [0.2, 0.25) is 0 Å². The SMILES string of the molecule is Cc1cc(C(C)(C)C)cc(C)c1CSC(C)C(C)O. The summed E-state index contributed by atoms with van der Waals surface area (Å²) in [6.45, 7) is 15.1. The van der Waals surface area contributed by atoms with E-state index in [2.05, 4.69) is 53.7 Å². The highest BCUT2D eigenvalue weighted by Gasteiger charge is 2.17. The molecule has 2 unspecified atom stereocenters. The number of aryl methyl sites for hydroxylation is 2. The number of rotatable bonds is 4. The van der Waals surface area contributed by atoms with Crippen LogP contribution < -0.4 is 0 Å². The lowest BCUT2D eigenvalue weighted by Gasteiger charge is -2.23. The minimum Gasteiger partial charge on any atom is -0.392 e. The number of thioether (sulfide) groups is 1. The molecule has 0 amide bonds. The van der Waals surface area contributed by atoms with Gasteiger partial charge in [0, 0.05) is 11.0 Å². The van der Waals surface area contributed by atoms with Gasteiger partial charge in [0.15, 0.2) is 0 Å².